The third-order valence-electron chi connectivity index (χ3n) is 1.25. The van der Waals surface area contributed by atoms with E-state index in [1.807, 2.05) is 0 Å². The van der Waals surface area contributed by atoms with Gasteiger partial charge in [-0.3, -0.25) is 4.79 Å². The maximum Gasteiger partial charge on any atom is 0.185 e. The van der Waals surface area contributed by atoms with Crippen molar-refractivity contribution in [3.05, 3.63) is 24.2 Å². The number of aromatic nitrogens is 2. The summed E-state index contributed by atoms with van der Waals surface area (Å²) in [4.78, 5) is 14.3. The minimum Gasteiger partial charge on any atom is -0.447 e. The van der Waals surface area contributed by atoms with Gasteiger partial charge in [-0.2, -0.15) is 4.37 Å². The average Bonchev–Trinajstić information content (AvgIpc) is 2.76. The molecule has 2 aromatic heterocycles. The largest absolute Gasteiger partial charge is 0.447 e. The molecule has 0 unspecified atom stereocenters. The molecule has 66 valence electrons. The summed E-state index contributed by atoms with van der Waals surface area (Å²) in [5, 5.41) is 0.652. The lowest BCUT2D eigenvalue weighted by molar-refractivity contribution is 0.109. The molecule has 0 aliphatic heterocycles. The first kappa shape index (κ1) is 8.46. The Kier molecular flexibility index (Phi) is 2.42. The monoisotopic (exact) mass is 212 g/mol. The third kappa shape index (κ3) is 1.96. The molecule has 0 atom stereocenters. The Bertz CT molecular complexity index is 396. The van der Waals surface area contributed by atoms with Gasteiger partial charge < -0.3 is 4.42 Å². The van der Waals surface area contributed by atoms with Crippen LogP contribution in [0.15, 0.2) is 32.3 Å². The van der Waals surface area contributed by atoms with Crippen LogP contribution >= 0.6 is 23.3 Å². The lowest BCUT2D eigenvalue weighted by Gasteiger charge is -1.87. The second kappa shape index (κ2) is 3.71. The van der Waals surface area contributed by atoms with Gasteiger partial charge in [0.1, 0.15) is 6.33 Å². The van der Waals surface area contributed by atoms with Gasteiger partial charge in [0.15, 0.2) is 21.5 Å². The molecule has 0 saturated heterocycles. The lowest BCUT2D eigenvalue weighted by atomic mass is 10.5. The maximum absolute atomic E-state index is 10.3. The van der Waals surface area contributed by atoms with E-state index in [9.17, 15) is 4.79 Å². The van der Waals surface area contributed by atoms with Crippen LogP contribution in [0.3, 0.4) is 0 Å². The van der Waals surface area contributed by atoms with Crippen LogP contribution in [0.1, 0.15) is 10.6 Å². The maximum atomic E-state index is 10.3. The van der Waals surface area contributed by atoms with Gasteiger partial charge in [0, 0.05) is 0 Å². The van der Waals surface area contributed by atoms with Crippen LogP contribution in [-0.4, -0.2) is 15.6 Å². The highest BCUT2D eigenvalue weighted by Gasteiger charge is 2.05. The quantitative estimate of drug-likeness (QED) is 0.729. The molecule has 0 radical (unpaired) electrons. The lowest BCUT2D eigenvalue weighted by Crippen LogP contribution is -1.68. The van der Waals surface area contributed by atoms with E-state index in [1.165, 1.54) is 29.6 Å². The van der Waals surface area contributed by atoms with Gasteiger partial charge in [-0.1, -0.05) is 0 Å². The highest BCUT2D eigenvalue weighted by Crippen LogP contribution is 2.28. The Balaban J connectivity index is 2.14. The van der Waals surface area contributed by atoms with Crippen molar-refractivity contribution in [1.82, 2.24) is 9.36 Å². The molecule has 0 spiro atoms. The number of carbonyl (C=O) groups is 1. The van der Waals surface area contributed by atoms with E-state index in [-0.39, 0.29) is 0 Å². The van der Waals surface area contributed by atoms with Crippen LogP contribution in [0, 0.1) is 0 Å². The van der Waals surface area contributed by atoms with Crippen LogP contribution in [-0.2, 0) is 0 Å². The third-order valence-corrected chi connectivity index (χ3v) is 2.88. The van der Waals surface area contributed by atoms with Crippen molar-refractivity contribution in [2.75, 3.05) is 0 Å². The molecular weight excluding hydrogens is 208 g/mol. The SMILES string of the molecule is O=Cc1ccc(Sc2ncns2)o1. The minimum absolute atomic E-state index is 0.326. The predicted octanol–water partition coefficient (Wildman–Crippen LogP) is 2.09. The van der Waals surface area contributed by atoms with Gasteiger partial charge >= 0.3 is 0 Å². The first-order valence-corrected chi connectivity index (χ1v) is 4.97. The molecule has 2 aromatic rings. The number of aldehydes is 1. The summed E-state index contributed by atoms with van der Waals surface area (Å²) in [5.41, 5.74) is 0. The van der Waals surface area contributed by atoms with Crippen LogP contribution in [0.5, 0.6) is 0 Å². The van der Waals surface area contributed by atoms with Gasteiger partial charge in [0.25, 0.3) is 0 Å². The molecule has 0 aliphatic carbocycles. The minimum atomic E-state index is 0.326. The number of hydrogen-bond donors (Lipinski definition) is 0. The van der Waals surface area contributed by atoms with E-state index in [2.05, 4.69) is 9.36 Å². The number of nitrogens with zero attached hydrogens (tertiary/aromatic N) is 2. The molecule has 4 nitrogen and oxygen atoms in total. The normalized spacial score (nSPS) is 10.2. The van der Waals surface area contributed by atoms with Gasteiger partial charge in [0.2, 0.25) is 0 Å². The summed E-state index contributed by atoms with van der Waals surface area (Å²) in [6, 6.07) is 3.35. The number of rotatable bonds is 3. The van der Waals surface area contributed by atoms with Gasteiger partial charge in [0.05, 0.1) is 0 Å². The van der Waals surface area contributed by atoms with E-state index in [0.29, 0.717) is 17.1 Å². The van der Waals surface area contributed by atoms with E-state index in [0.717, 1.165) is 4.34 Å². The summed E-state index contributed by atoms with van der Waals surface area (Å²) in [6.45, 7) is 0. The number of hydrogen-bond acceptors (Lipinski definition) is 6. The first-order valence-electron chi connectivity index (χ1n) is 3.38. The Hall–Kier alpha value is -1.14. The highest BCUT2D eigenvalue weighted by atomic mass is 32.2. The molecule has 13 heavy (non-hydrogen) atoms. The van der Waals surface area contributed by atoms with Crippen LogP contribution in [0.4, 0.5) is 0 Å². The average molecular weight is 212 g/mol. The molecule has 0 bridgehead atoms. The van der Waals surface area contributed by atoms with E-state index < -0.39 is 0 Å². The molecule has 0 aliphatic rings. The second-order valence-corrected chi connectivity index (χ2v) is 4.12. The fourth-order valence-electron chi connectivity index (χ4n) is 0.747. The second-order valence-electron chi connectivity index (χ2n) is 2.08. The zero-order chi connectivity index (χ0) is 9.10. The van der Waals surface area contributed by atoms with Crippen LogP contribution < -0.4 is 0 Å². The molecule has 0 N–H and O–H groups in total. The Morgan fingerprint density at radius 3 is 3.08 bits per heavy atom. The Labute approximate surface area is 82.2 Å². The molecule has 2 heterocycles. The van der Waals surface area contributed by atoms with E-state index in [1.54, 1.807) is 12.1 Å². The van der Waals surface area contributed by atoms with Crippen molar-refractivity contribution in [1.29, 1.82) is 0 Å². The fourth-order valence-corrected chi connectivity index (χ4v) is 2.10. The topological polar surface area (TPSA) is 56.0 Å². The molecule has 0 saturated carbocycles. The predicted molar refractivity (Wildman–Crippen MR) is 48.1 cm³/mol. The van der Waals surface area contributed by atoms with Crippen molar-refractivity contribution in [2.24, 2.45) is 0 Å². The summed E-state index contributed by atoms with van der Waals surface area (Å²) < 4.78 is 9.78. The Morgan fingerprint density at radius 2 is 2.46 bits per heavy atom. The summed E-state index contributed by atoms with van der Waals surface area (Å²) in [6.07, 6.45) is 2.15. The van der Waals surface area contributed by atoms with Crippen molar-refractivity contribution < 1.29 is 9.21 Å². The number of furan rings is 1. The molecule has 0 aromatic carbocycles. The summed E-state index contributed by atoms with van der Waals surface area (Å²) in [7, 11) is 0. The van der Waals surface area contributed by atoms with Crippen molar-refractivity contribution in [3.63, 3.8) is 0 Å². The molecule has 0 fully saturated rings. The smallest absolute Gasteiger partial charge is 0.185 e. The molecule has 0 amide bonds. The van der Waals surface area contributed by atoms with Crippen molar-refractivity contribution in [3.8, 4) is 0 Å². The van der Waals surface area contributed by atoms with E-state index in [4.69, 9.17) is 4.42 Å². The van der Waals surface area contributed by atoms with Crippen molar-refractivity contribution >= 4 is 29.6 Å². The van der Waals surface area contributed by atoms with Crippen LogP contribution in [0.2, 0.25) is 0 Å². The highest BCUT2D eigenvalue weighted by molar-refractivity contribution is 8.00. The summed E-state index contributed by atoms with van der Waals surface area (Å²) >= 11 is 2.64. The first-order chi connectivity index (χ1) is 6.38. The number of carbonyl (C=O) groups excluding carboxylic acids is 1. The fraction of sp³-hybridized carbons (Fsp3) is 0. The standard InChI is InChI=1S/C7H4N2O2S2/c10-3-5-1-2-6(11-5)12-7-8-4-9-13-7/h1-4H. The molecular formula is C7H4N2O2S2. The zero-order valence-electron chi connectivity index (χ0n) is 6.34. The molecule has 2 rings (SSSR count). The van der Waals surface area contributed by atoms with Gasteiger partial charge in [-0.05, 0) is 35.4 Å². The summed E-state index contributed by atoms with van der Waals surface area (Å²) in [5.74, 6) is 0.326. The Morgan fingerprint density at radius 1 is 1.54 bits per heavy atom. The van der Waals surface area contributed by atoms with Crippen LogP contribution in [0.25, 0.3) is 0 Å². The zero-order valence-corrected chi connectivity index (χ0v) is 7.97. The van der Waals surface area contributed by atoms with Gasteiger partial charge in [-0.25, -0.2) is 4.98 Å². The van der Waals surface area contributed by atoms with Gasteiger partial charge in [-0.15, -0.1) is 0 Å². The van der Waals surface area contributed by atoms with E-state index >= 15 is 0 Å². The molecule has 6 heteroatoms. The van der Waals surface area contributed by atoms with Crippen molar-refractivity contribution in [2.45, 2.75) is 9.43 Å².